The summed E-state index contributed by atoms with van der Waals surface area (Å²) in [6, 6.07) is 1.46. The molecule has 2 aromatic heterocycles. The van der Waals surface area contributed by atoms with Crippen molar-refractivity contribution in [1.82, 2.24) is 19.9 Å². The Hall–Kier alpha value is -2.70. The van der Waals surface area contributed by atoms with Crippen molar-refractivity contribution in [2.75, 3.05) is 0 Å². The summed E-state index contributed by atoms with van der Waals surface area (Å²) in [6.45, 7) is 0. The number of hydrogen-bond donors (Lipinski definition) is 1. The summed E-state index contributed by atoms with van der Waals surface area (Å²) in [5.41, 5.74) is 0.102. The molecule has 84 valence electrons. The van der Waals surface area contributed by atoms with Gasteiger partial charge in [-0.05, 0) is 6.07 Å². The van der Waals surface area contributed by atoms with Gasteiger partial charge < -0.3 is 5.21 Å². The highest BCUT2D eigenvalue weighted by Gasteiger charge is 2.19. The van der Waals surface area contributed by atoms with E-state index in [1.807, 2.05) is 0 Å². The Morgan fingerprint density at radius 1 is 1.12 bits per heavy atom. The molecule has 0 aromatic carbocycles. The van der Waals surface area contributed by atoms with Crippen LogP contribution in [0.3, 0.4) is 0 Å². The SMILES string of the molecule is O=C(C(=NO)c1ccncn1)c1cnccn1. The average molecular weight is 229 g/mol. The third-order valence-electron chi connectivity index (χ3n) is 1.94. The van der Waals surface area contributed by atoms with Crippen molar-refractivity contribution >= 4 is 11.5 Å². The highest BCUT2D eigenvalue weighted by Crippen LogP contribution is 2.02. The van der Waals surface area contributed by atoms with E-state index in [1.54, 1.807) is 0 Å². The largest absolute Gasteiger partial charge is 0.410 e. The monoisotopic (exact) mass is 229 g/mol. The number of oxime groups is 1. The Labute approximate surface area is 95.9 Å². The summed E-state index contributed by atoms with van der Waals surface area (Å²) in [4.78, 5) is 27.0. The Kier molecular flexibility index (Phi) is 3.10. The van der Waals surface area contributed by atoms with Crippen molar-refractivity contribution in [3.8, 4) is 0 Å². The number of carbonyl (C=O) groups excluding carboxylic acids is 1. The van der Waals surface area contributed by atoms with E-state index in [1.165, 1.54) is 37.2 Å². The quantitative estimate of drug-likeness (QED) is 0.352. The van der Waals surface area contributed by atoms with E-state index in [0.717, 1.165) is 0 Å². The normalized spacial score (nSPS) is 11.2. The van der Waals surface area contributed by atoms with E-state index >= 15 is 0 Å². The maximum absolute atomic E-state index is 11.9. The van der Waals surface area contributed by atoms with E-state index in [4.69, 9.17) is 5.21 Å². The van der Waals surface area contributed by atoms with E-state index < -0.39 is 5.78 Å². The fourth-order valence-corrected chi connectivity index (χ4v) is 1.18. The third-order valence-corrected chi connectivity index (χ3v) is 1.94. The predicted molar refractivity (Wildman–Crippen MR) is 56.7 cm³/mol. The van der Waals surface area contributed by atoms with E-state index in [2.05, 4.69) is 25.1 Å². The Morgan fingerprint density at radius 2 is 2.00 bits per heavy atom. The molecule has 0 radical (unpaired) electrons. The number of Topliss-reactive ketones (excluding diaryl/α,β-unsaturated/α-hetero) is 1. The summed E-state index contributed by atoms with van der Waals surface area (Å²) in [6.07, 6.45) is 6.80. The molecule has 0 aliphatic heterocycles. The lowest BCUT2D eigenvalue weighted by atomic mass is 10.1. The van der Waals surface area contributed by atoms with Crippen LogP contribution in [0.2, 0.25) is 0 Å². The maximum Gasteiger partial charge on any atom is 0.236 e. The first-order chi connectivity index (χ1) is 8.33. The van der Waals surface area contributed by atoms with Gasteiger partial charge in [0, 0.05) is 18.6 Å². The highest BCUT2D eigenvalue weighted by molar-refractivity contribution is 6.50. The third kappa shape index (κ3) is 2.28. The molecule has 0 bridgehead atoms. The molecule has 0 fully saturated rings. The first-order valence-electron chi connectivity index (χ1n) is 4.62. The van der Waals surface area contributed by atoms with Gasteiger partial charge in [0.05, 0.1) is 11.9 Å². The van der Waals surface area contributed by atoms with Crippen molar-refractivity contribution in [2.24, 2.45) is 5.16 Å². The van der Waals surface area contributed by atoms with Crippen molar-refractivity contribution in [2.45, 2.75) is 0 Å². The highest BCUT2D eigenvalue weighted by atomic mass is 16.4. The van der Waals surface area contributed by atoms with Gasteiger partial charge in [0.15, 0.2) is 5.71 Å². The second kappa shape index (κ2) is 4.88. The molecule has 7 heteroatoms. The van der Waals surface area contributed by atoms with Gasteiger partial charge in [0.2, 0.25) is 5.78 Å². The minimum Gasteiger partial charge on any atom is -0.410 e. The first kappa shape index (κ1) is 10.8. The molecule has 2 rings (SSSR count). The van der Waals surface area contributed by atoms with Crippen LogP contribution < -0.4 is 0 Å². The number of aromatic nitrogens is 4. The second-order valence-electron chi connectivity index (χ2n) is 2.96. The number of ketones is 1. The zero-order chi connectivity index (χ0) is 12.1. The first-order valence-corrected chi connectivity index (χ1v) is 4.62. The van der Waals surface area contributed by atoms with Crippen LogP contribution >= 0.6 is 0 Å². The fourth-order valence-electron chi connectivity index (χ4n) is 1.18. The van der Waals surface area contributed by atoms with E-state index in [-0.39, 0.29) is 17.1 Å². The second-order valence-corrected chi connectivity index (χ2v) is 2.96. The summed E-state index contributed by atoms with van der Waals surface area (Å²) < 4.78 is 0. The lowest BCUT2D eigenvalue weighted by molar-refractivity contribution is 0.105. The van der Waals surface area contributed by atoms with E-state index in [9.17, 15) is 4.79 Å². The molecule has 17 heavy (non-hydrogen) atoms. The van der Waals surface area contributed by atoms with Gasteiger partial charge >= 0.3 is 0 Å². The van der Waals surface area contributed by atoms with Gasteiger partial charge in [0.1, 0.15) is 12.0 Å². The molecule has 0 saturated carbocycles. The zero-order valence-corrected chi connectivity index (χ0v) is 8.56. The lowest BCUT2D eigenvalue weighted by Crippen LogP contribution is -2.18. The molecule has 2 aromatic rings. The predicted octanol–water partition coefficient (Wildman–Crippen LogP) is 0.328. The Balaban J connectivity index is 2.37. The molecule has 0 saturated heterocycles. The molecule has 0 aliphatic carbocycles. The Morgan fingerprint density at radius 3 is 2.59 bits per heavy atom. The summed E-state index contributed by atoms with van der Waals surface area (Å²) in [7, 11) is 0. The molecule has 0 amide bonds. The minimum absolute atomic E-state index is 0.0823. The van der Waals surface area contributed by atoms with Crippen molar-refractivity contribution in [1.29, 1.82) is 0 Å². The van der Waals surface area contributed by atoms with Crippen LogP contribution in [-0.2, 0) is 0 Å². The summed E-state index contributed by atoms with van der Waals surface area (Å²) in [5, 5.41) is 11.8. The summed E-state index contributed by atoms with van der Waals surface area (Å²) in [5.74, 6) is -0.556. The van der Waals surface area contributed by atoms with Crippen LogP contribution in [0.15, 0.2) is 42.3 Å². The molecule has 0 spiro atoms. The van der Waals surface area contributed by atoms with Gasteiger partial charge in [-0.25, -0.2) is 15.0 Å². The topological polar surface area (TPSA) is 101 Å². The van der Waals surface area contributed by atoms with Gasteiger partial charge in [-0.3, -0.25) is 9.78 Å². The van der Waals surface area contributed by atoms with Crippen LogP contribution in [0.25, 0.3) is 0 Å². The number of hydrogen-bond acceptors (Lipinski definition) is 7. The standard InChI is InChI=1S/C10H7N5O2/c16-10(8-5-11-3-4-13-8)9(15-17)7-1-2-12-6-14-7/h1-6,17H. The fraction of sp³-hybridized carbons (Fsp3) is 0. The molecular formula is C10H7N5O2. The van der Waals surface area contributed by atoms with Crippen molar-refractivity contribution < 1.29 is 10.0 Å². The van der Waals surface area contributed by atoms with Crippen molar-refractivity contribution in [3.63, 3.8) is 0 Å². The number of rotatable bonds is 3. The van der Waals surface area contributed by atoms with Gasteiger partial charge in [0.25, 0.3) is 0 Å². The molecule has 1 N–H and O–H groups in total. The lowest BCUT2D eigenvalue weighted by Gasteiger charge is -2.01. The molecule has 0 unspecified atom stereocenters. The van der Waals surface area contributed by atoms with Crippen LogP contribution in [0.5, 0.6) is 0 Å². The van der Waals surface area contributed by atoms with Crippen LogP contribution in [0.4, 0.5) is 0 Å². The Bertz CT molecular complexity index is 541. The van der Waals surface area contributed by atoms with Crippen LogP contribution in [-0.4, -0.2) is 36.6 Å². The van der Waals surface area contributed by atoms with Gasteiger partial charge in [-0.15, -0.1) is 0 Å². The molecule has 7 nitrogen and oxygen atoms in total. The average Bonchev–Trinajstić information content (AvgIpc) is 2.42. The molecule has 0 aliphatic rings. The molecular weight excluding hydrogens is 222 g/mol. The number of carbonyl (C=O) groups is 1. The maximum atomic E-state index is 11.9. The van der Waals surface area contributed by atoms with Gasteiger partial charge in [-0.2, -0.15) is 0 Å². The van der Waals surface area contributed by atoms with Crippen LogP contribution in [0, 0.1) is 0 Å². The number of nitrogens with zero attached hydrogens (tertiary/aromatic N) is 5. The smallest absolute Gasteiger partial charge is 0.236 e. The van der Waals surface area contributed by atoms with Crippen molar-refractivity contribution in [3.05, 3.63) is 48.6 Å². The summed E-state index contributed by atoms with van der Waals surface area (Å²) >= 11 is 0. The van der Waals surface area contributed by atoms with Crippen LogP contribution in [0.1, 0.15) is 16.2 Å². The molecule has 2 heterocycles. The minimum atomic E-state index is -0.556. The zero-order valence-electron chi connectivity index (χ0n) is 8.56. The van der Waals surface area contributed by atoms with E-state index in [0.29, 0.717) is 0 Å². The molecule has 0 atom stereocenters. The van der Waals surface area contributed by atoms with Gasteiger partial charge in [-0.1, -0.05) is 5.16 Å².